The van der Waals surface area contributed by atoms with Crippen LogP contribution in [0.25, 0.3) is 0 Å². The Morgan fingerprint density at radius 2 is 2.00 bits per heavy atom. The van der Waals surface area contributed by atoms with E-state index in [1.54, 1.807) is 6.92 Å². The van der Waals surface area contributed by atoms with Crippen LogP contribution in [0.1, 0.15) is 29.3 Å². The number of hydrogen-bond acceptors (Lipinski definition) is 2. The van der Waals surface area contributed by atoms with Crippen molar-refractivity contribution in [2.45, 2.75) is 19.5 Å². The molecule has 1 rings (SSSR count). The van der Waals surface area contributed by atoms with Gasteiger partial charge in [-0.15, -0.1) is 0 Å². The van der Waals surface area contributed by atoms with E-state index < -0.39 is 23.6 Å². The maximum absolute atomic E-state index is 12.5. The van der Waals surface area contributed by atoms with Crippen LogP contribution >= 0.6 is 0 Å². The van der Waals surface area contributed by atoms with Crippen molar-refractivity contribution in [3.05, 3.63) is 35.4 Å². The minimum Gasteiger partial charge on any atom is -0.481 e. The second kappa shape index (κ2) is 6.40. The zero-order valence-electron chi connectivity index (χ0n) is 10.7. The lowest BCUT2D eigenvalue weighted by atomic mass is 10.1. The third-order valence-corrected chi connectivity index (χ3v) is 2.59. The molecule has 0 aliphatic heterocycles. The van der Waals surface area contributed by atoms with Crippen LogP contribution in [0.15, 0.2) is 24.3 Å². The fourth-order valence-electron chi connectivity index (χ4n) is 1.58. The Labute approximate surface area is 113 Å². The third-order valence-electron chi connectivity index (χ3n) is 2.59. The number of carbonyl (C=O) groups excluding carboxylic acids is 1. The molecule has 7 heteroatoms. The summed E-state index contributed by atoms with van der Waals surface area (Å²) >= 11 is 0. The Kier molecular flexibility index (Phi) is 5.12. The second-order valence-electron chi connectivity index (χ2n) is 4.49. The largest absolute Gasteiger partial charge is 0.481 e. The van der Waals surface area contributed by atoms with Gasteiger partial charge in [-0.2, -0.15) is 13.2 Å². The van der Waals surface area contributed by atoms with E-state index in [2.05, 4.69) is 5.32 Å². The number of amides is 1. The van der Waals surface area contributed by atoms with Crippen molar-refractivity contribution < 1.29 is 27.9 Å². The first-order valence-corrected chi connectivity index (χ1v) is 5.87. The van der Waals surface area contributed by atoms with Crippen molar-refractivity contribution >= 4 is 11.9 Å². The average molecular weight is 289 g/mol. The molecule has 0 saturated heterocycles. The van der Waals surface area contributed by atoms with Crippen molar-refractivity contribution in [2.24, 2.45) is 5.92 Å². The fourth-order valence-corrected chi connectivity index (χ4v) is 1.58. The van der Waals surface area contributed by atoms with Crippen LogP contribution in [0.2, 0.25) is 0 Å². The van der Waals surface area contributed by atoms with E-state index in [1.165, 1.54) is 6.07 Å². The summed E-state index contributed by atoms with van der Waals surface area (Å²) in [6.07, 6.45) is -4.63. The summed E-state index contributed by atoms with van der Waals surface area (Å²) in [5, 5.41) is 11.0. The number of rotatable bonds is 5. The lowest BCUT2D eigenvalue weighted by molar-refractivity contribution is -0.138. The van der Waals surface area contributed by atoms with Crippen molar-refractivity contribution in [3.63, 3.8) is 0 Å². The van der Waals surface area contributed by atoms with Crippen molar-refractivity contribution in [1.29, 1.82) is 0 Å². The van der Waals surface area contributed by atoms with E-state index in [4.69, 9.17) is 5.11 Å². The molecule has 20 heavy (non-hydrogen) atoms. The monoisotopic (exact) mass is 289 g/mol. The maximum atomic E-state index is 12.5. The van der Waals surface area contributed by atoms with E-state index >= 15 is 0 Å². The van der Waals surface area contributed by atoms with Crippen molar-refractivity contribution in [2.75, 3.05) is 6.54 Å². The van der Waals surface area contributed by atoms with Gasteiger partial charge in [-0.05, 0) is 24.1 Å². The zero-order valence-corrected chi connectivity index (χ0v) is 10.7. The minimum absolute atomic E-state index is 0.0847. The normalized spacial score (nSPS) is 12.8. The number of aliphatic carboxylic acids is 1. The van der Waals surface area contributed by atoms with Gasteiger partial charge in [-0.25, -0.2) is 0 Å². The quantitative estimate of drug-likeness (QED) is 0.875. The topological polar surface area (TPSA) is 66.4 Å². The van der Waals surface area contributed by atoms with Gasteiger partial charge in [0.05, 0.1) is 5.56 Å². The Morgan fingerprint density at radius 1 is 1.35 bits per heavy atom. The number of carbonyl (C=O) groups is 2. The molecule has 0 saturated carbocycles. The first-order chi connectivity index (χ1) is 9.20. The van der Waals surface area contributed by atoms with E-state index in [9.17, 15) is 22.8 Å². The highest BCUT2D eigenvalue weighted by atomic mass is 19.4. The van der Waals surface area contributed by atoms with Gasteiger partial charge in [0, 0.05) is 18.5 Å². The second-order valence-corrected chi connectivity index (χ2v) is 4.49. The Morgan fingerprint density at radius 3 is 2.55 bits per heavy atom. The summed E-state index contributed by atoms with van der Waals surface area (Å²) in [5.74, 6) is -1.96. The Hall–Kier alpha value is -2.05. The lowest BCUT2D eigenvalue weighted by Crippen LogP contribution is -2.29. The summed E-state index contributed by atoms with van der Waals surface area (Å²) in [6.45, 7) is 1.71. The van der Waals surface area contributed by atoms with Crippen LogP contribution < -0.4 is 5.32 Å². The smallest absolute Gasteiger partial charge is 0.416 e. The number of hydrogen-bond donors (Lipinski definition) is 2. The van der Waals surface area contributed by atoms with E-state index in [1.807, 2.05) is 0 Å². The molecule has 2 N–H and O–H groups in total. The highest BCUT2D eigenvalue weighted by Gasteiger charge is 2.30. The minimum atomic E-state index is -4.51. The number of benzene rings is 1. The van der Waals surface area contributed by atoms with Crippen LogP contribution in [0.5, 0.6) is 0 Å². The fraction of sp³-hybridized carbons (Fsp3) is 0.385. The first kappa shape index (κ1) is 16.0. The molecule has 0 bridgehead atoms. The van der Waals surface area contributed by atoms with E-state index in [-0.39, 0.29) is 24.4 Å². The predicted molar refractivity (Wildman–Crippen MR) is 65.2 cm³/mol. The highest BCUT2D eigenvalue weighted by molar-refractivity contribution is 5.94. The number of alkyl halides is 3. The molecule has 1 aromatic carbocycles. The molecule has 110 valence electrons. The molecule has 0 heterocycles. The van der Waals surface area contributed by atoms with Crippen LogP contribution in [0.3, 0.4) is 0 Å². The molecule has 0 fully saturated rings. The third kappa shape index (κ3) is 4.91. The van der Waals surface area contributed by atoms with Crippen LogP contribution in [0, 0.1) is 5.92 Å². The summed E-state index contributed by atoms with van der Waals surface area (Å²) < 4.78 is 37.5. The van der Waals surface area contributed by atoms with Gasteiger partial charge in [-0.1, -0.05) is 13.0 Å². The summed E-state index contributed by atoms with van der Waals surface area (Å²) in [5.41, 5.74) is -1.01. The van der Waals surface area contributed by atoms with Crippen molar-refractivity contribution in [3.8, 4) is 0 Å². The molecule has 0 spiro atoms. The summed E-state index contributed by atoms with van der Waals surface area (Å²) in [4.78, 5) is 22.1. The van der Waals surface area contributed by atoms with Gasteiger partial charge in [-0.3, -0.25) is 9.59 Å². The van der Waals surface area contributed by atoms with E-state index in [0.29, 0.717) is 0 Å². The molecule has 0 aromatic heterocycles. The van der Waals surface area contributed by atoms with E-state index in [0.717, 1.165) is 18.2 Å². The van der Waals surface area contributed by atoms with Gasteiger partial charge in [0.15, 0.2) is 0 Å². The first-order valence-electron chi connectivity index (χ1n) is 5.87. The Balaban J connectivity index is 2.67. The van der Waals surface area contributed by atoms with Gasteiger partial charge >= 0.3 is 12.1 Å². The van der Waals surface area contributed by atoms with Crippen LogP contribution in [-0.2, 0) is 11.0 Å². The van der Waals surface area contributed by atoms with Crippen LogP contribution in [-0.4, -0.2) is 23.5 Å². The molecule has 1 atom stereocenters. The zero-order chi connectivity index (χ0) is 15.3. The average Bonchev–Trinajstić information content (AvgIpc) is 2.34. The molecule has 0 aliphatic carbocycles. The molecule has 4 nitrogen and oxygen atoms in total. The molecule has 1 aromatic rings. The standard InChI is InChI=1S/C13H14F3NO3/c1-8(5-11(18)19)7-17-12(20)9-3-2-4-10(6-9)13(14,15)16/h2-4,6,8H,5,7H2,1H3,(H,17,20)(H,18,19). The molecule has 1 amide bonds. The molecular weight excluding hydrogens is 275 g/mol. The highest BCUT2D eigenvalue weighted by Crippen LogP contribution is 2.29. The molecular formula is C13H14F3NO3. The molecule has 0 radical (unpaired) electrons. The molecule has 1 unspecified atom stereocenters. The number of carboxylic acids is 1. The Bertz CT molecular complexity index is 500. The van der Waals surface area contributed by atoms with Crippen LogP contribution in [0.4, 0.5) is 13.2 Å². The van der Waals surface area contributed by atoms with Gasteiger partial charge in [0.1, 0.15) is 0 Å². The summed E-state index contributed by atoms with van der Waals surface area (Å²) in [6, 6.07) is 4.06. The predicted octanol–water partition coefficient (Wildman–Crippen LogP) is 2.55. The number of carboxylic acid groups (broad SMARTS) is 1. The lowest BCUT2D eigenvalue weighted by Gasteiger charge is -2.12. The van der Waals surface area contributed by atoms with Crippen molar-refractivity contribution in [1.82, 2.24) is 5.32 Å². The maximum Gasteiger partial charge on any atom is 0.416 e. The molecule has 0 aliphatic rings. The number of halogens is 3. The number of nitrogens with one attached hydrogen (secondary N) is 1. The van der Waals surface area contributed by atoms with Gasteiger partial charge < -0.3 is 10.4 Å². The van der Waals surface area contributed by atoms with Gasteiger partial charge in [0.2, 0.25) is 0 Å². The van der Waals surface area contributed by atoms with Gasteiger partial charge in [0.25, 0.3) is 5.91 Å². The SMILES string of the molecule is CC(CNC(=O)c1cccc(C(F)(F)F)c1)CC(=O)O. The summed E-state index contributed by atoms with van der Waals surface area (Å²) in [7, 11) is 0.